The molecule has 0 aliphatic rings. The van der Waals surface area contributed by atoms with Gasteiger partial charge in [-0.2, -0.15) is 13.2 Å². The molecule has 0 aliphatic carbocycles. The molecule has 26 heavy (non-hydrogen) atoms. The zero-order chi connectivity index (χ0) is 19.3. The number of carbonyl (C=O) groups is 2. The molecule has 0 saturated heterocycles. The molecule has 0 atom stereocenters. The van der Waals surface area contributed by atoms with E-state index < -0.39 is 30.1 Å². The molecule has 1 aromatic carbocycles. The molecule has 0 spiro atoms. The summed E-state index contributed by atoms with van der Waals surface area (Å²) in [7, 11) is 0. The minimum Gasteiger partial charge on any atom is -0.350 e. The lowest BCUT2D eigenvalue weighted by Crippen LogP contribution is -2.39. The normalized spacial score (nSPS) is 11.1. The predicted octanol–water partition coefficient (Wildman–Crippen LogP) is 3.42. The van der Waals surface area contributed by atoms with Gasteiger partial charge in [-0.3, -0.25) is 14.6 Å². The lowest BCUT2D eigenvalue weighted by atomic mass is 10.1. The molecule has 1 N–H and O–H groups in total. The van der Waals surface area contributed by atoms with E-state index in [9.17, 15) is 22.8 Å². The van der Waals surface area contributed by atoms with E-state index in [2.05, 4.69) is 10.3 Å². The van der Waals surface area contributed by atoms with E-state index in [0.29, 0.717) is 0 Å². The van der Waals surface area contributed by atoms with Crippen LogP contribution in [0.25, 0.3) is 0 Å². The maximum absolute atomic E-state index is 12.9. The van der Waals surface area contributed by atoms with Crippen molar-refractivity contribution in [2.45, 2.75) is 19.6 Å². The van der Waals surface area contributed by atoms with Gasteiger partial charge in [0.05, 0.1) is 16.3 Å². The Kier molecular flexibility index (Phi) is 6.20. The minimum absolute atomic E-state index is 0.0601. The standard InChI is InChI=1S/C17H15ClF3N3O2/c1-11(25)24(10-16(26)23-9-12-4-6-22-7-5-12)15-8-13(17(19,20)21)2-3-14(15)18/h2-8H,9-10H2,1H3,(H,23,26). The van der Waals surface area contributed by atoms with Crippen LogP contribution in [0.2, 0.25) is 5.02 Å². The van der Waals surface area contributed by atoms with Crippen molar-refractivity contribution in [3.8, 4) is 0 Å². The quantitative estimate of drug-likeness (QED) is 0.857. The van der Waals surface area contributed by atoms with Gasteiger partial charge in [0.25, 0.3) is 0 Å². The van der Waals surface area contributed by atoms with Crippen molar-refractivity contribution < 1.29 is 22.8 Å². The third-order valence-electron chi connectivity index (χ3n) is 3.49. The summed E-state index contributed by atoms with van der Waals surface area (Å²) >= 11 is 5.94. The predicted molar refractivity (Wildman–Crippen MR) is 90.6 cm³/mol. The molecule has 0 radical (unpaired) electrons. The van der Waals surface area contributed by atoms with Gasteiger partial charge >= 0.3 is 6.18 Å². The zero-order valence-corrected chi connectivity index (χ0v) is 14.4. The number of hydrogen-bond donors (Lipinski definition) is 1. The van der Waals surface area contributed by atoms with Gasteiger partial charge in [-0.1, -0.05) is 11.6 Å². The summed E-state index contributed by atoms with van der Waals surface area (Å²) in [5.41, 5.74) is -0.340. The molecule has 1 heterocycles. The van der Waals surface area contributed by atoms with Crippen LogP contribution in [0.4, 0.5) is 18.9 Å². The van der Waals surface area contributed by atoms with Crippen molar-refractivity contribution in [2.75, 3.05) is 11.4 Å². The Morgan fingerprint density at radius 1 is 1.19 bits per heavy atom. The number of halogens is 4. The molecule has 0 bridgehead atoms. The maximum Gasteiger partial charge on any atom is 0.416 e. The number of aromatic nitrogens is 1. The van der Waals surface area contributed by atoms with Crippen LogP contribution in [0.5, 0.6) is 0 Å². The number of hydrogen-bond acceptors (Lipinski definition) is 3. The third kappa shape index (κ3) is 5.19. The van der Waals surface area contributed by atoms with Crippen LogP contribution in [-0.4, -0.2) is 23.3 Å². The van der Waals surface area contributed by atoms with Crippen molar-refractivity contribution in [1.29, 1.82) is 0 Å². The minimum atomic E-state index is -4.59. The lowest BCUT2D eigenvalue weighted by molar-refractivity contribution is -0.137. The summed E-state index contributed by atoms with van der Waals surface area (Å²) < 4.78 is 38.7. The molecule has 0 aliphatic heterocycles. The van der Waals surface area contributed by atoms with E-state index in [1.54, 1.807) is 24.5 Å². The molecule has 0 unspecified atom stereocenters. The highest BCUT2D eigenvalue weighted by atomic mass is 35.5. The van der Waals surface area contributed by atoms with Crippen LogP contribution in [0.3, 0.4) is 0 Å². The fraction of sp³-hybridized carbons (Fsp3) is 0.235. The summed E-state index contributed by atoms with van der Waals surface area (Å²) in [4.78, 5) is 28.7. The van der Waals surface area contributed by atoms with Crippen molar-refractivity contribution in [2.24, 2.45) is 0 Å². The van der Waals surface area contributed by atoms with Crippen molar-refractivity contribution in [3.05, 3.63) is 58.9 Å². The van der Waals surface area contributed by atoms with Gasteiger partial charge in [0.15, 0.2) is 0 Å². The van der Waals surface area contributed by atoms with Crippen molar-refractivity contribution in [1.82, 2.24) is 10.3 Å². The van der Waals surface area contributed by atoms with Crippen LogP contribution in [0.1, 0.15) is 18.1 Å². The fourth-order valence-corrected chi connectivity index (χ4v) is 2.38. The highest BCUT2D eigenvalue weighted by Gasteiger charge is 2.32. The smallest absolute Gasteiger partial charge is 0.350 e. The second kappa shape index (κ2) is 8.18. The van der Waals surface area contributed by atoms with Gasteiger partial charge in [0.2, 0.25) is 11.8 Å². The number of benzene rings is 1. The summed E-state index contributed by atoms with van der Waals surface area (Å²) in [6.07, 6.45) is -1.47. The van der Waals surface area contributed by atoms with Gasteiger partial charge in [-0.05, 0) is 35.9 Å². The summed E-state index contributed by atoms with van der Waals surface area (Å²) in [6.45, 7) is 0.887. The van der Waals surface area contributed by atoms with E-state index in [1.807, 2.05) is 0 Å². The molecule has 2 aromatic rings. The number of nitrogens with one attached hydrogen (secondary N) is 1. The highest BCUT2D eigenvalue weighted by molar-refractivity contribution is 6.34. The molecule has 9 heteroatoms. The average molecular weight is 386 g/mol. The monoisotopic (exact) mass is 385 g/mol. The van der Waals surface area contributed by atoms with E-state index in [4.69, 9.17) is 11.6 Å². The van der Waals surface area contributed by atoms with E-state index in [0.717, 1.165) is 35.6 Å². The van der Waals surface area contributed by atoms with Crippen LogP contribution >= 0.6 is 11.6 Å². The fourth-order valence-electron chi connectivity index (χ4n) is 2.16. The molecule has 5 nitrogen and oxygen atoms in total. The first-order valence-electron chi connectivity index (χ1n) is 7.49. The average Bonchev–Trinajstić information content (AvgIpc) is 2.58. The van der Waals surface area contributed by atoms with Crippen molar-refractivity contribution >= 4 is 29.1 Å². The molecule has 138 valence electrons. The molecular formula is C17H15ClF3N3O2. The number of carbonyl (C=O) groups excluding carboxylic acids is 2. The SMILES string of the molecule is CC(=O)N(CC(=O)NCc1ccncc1)c1cc(C(F)(F)F)ccc1Cl. The number of pyridine rings is 1. The molecule has 2 amide bonds. The molecule has 2 rings (SSSR count). The molecule has 0 saturated carbocycles. The summed E-state index contributed by atoms with van der Waals surface area (Å²) in [5.74, 6) is -1.14. The lowest BCUT2D eigenvalue weighted by Gasteiger charge is -2.23. The van der Waals surface area contributed by atoms with Gasteiger partial charge in [0, 0.05) is 25.9 Å². The highest BCUT2D eigenvalue weighted by Crippen LogP contribution is 2.35. The first-order chi connectivity index (χ1) is 12.2. The maximum atomic E-state index is 12.9. The Labute approximate surface area is 152 Å². The van der Waals surface area contributed by atoms with E-state index >= 15 is 0 Å². The van der Waals surface area contributed by atoms with E-state index in [1.165, 1.54) is 0 Å². The van der Waals surface area contributed by atoms with Gasteiger partial charge in [0.1, 0.15) is 6.54 Å². The number of rotatable bonds is 5. The van der Waals surface area contributed by atoms with Crippen LogP contribution < -0.4 is 10.2 Å². The van der Waals surface area contributed by atoms with Crippen LogP contribution in [0.15, 0.2) is 42.7 Å². The number of amides is 2. The second-order valence-corrected chi connectivity index (χ2v) is 5.81. The number of nitrogens with zero attached hydrogens (tertiary/aromatic N) is 2. The van der Waals surface area contributed by atoms with Gasteiger partial charge in [-0.25, -0.2) is 0 Å². The topological polar surface area (TPSA) is 62.3 Å². The van der Waals surface area contributed by atoms with Gasteiger partial charge < -0.3 is 10.2 Å². The third-order valence-corrected chi connectivity index (χ3v) is 3.80. The molecule has 0 fully saturated rings. The Morgan fingerprint density at radius 3 is 2.42 bits per heavy atom. The number of alkyl halides is 3. The van der Waals surface area contributed by atoms with Crippen LogP contribution in [0, 0.1) is 0 Å². The Hall–Kier alpha value is -2.61. The summed E-state index contributed by atoms with van der Waals surface area (Å²) in [5, 5.41) is 2.53. The summed E-state index contributed by atoms with van der Waals surface area (Å²) in [6, 6.07) is 6.01. The number of anilines is 1. The van der Waals surface area contributed by atoms with Crippen molar-refractivity contribution in [3.63, 3.8) is 0 Å². The Balaban J connectivity index is 2.16. The molecule has 1 aromatic heterocycles. The Morgan fingerprint density at radius 2 is 1.85 bits per heavy atom. The van der Waals surface area contributed by atoms with E-state index in [-0.39, 0.29) is 17.3 Å². The van der Waals surface area contributed by atoms with Gasteiger partial charge in [-0.15, -0.1) is 0 Å². The Bertz CT molecular complexity index is 798. The second-order valence-electron chi connectivity index (χ2n) is 5.40. The zero-order valence-electron chi connectivity index (χ0n) is 13.7. The molecular weight excluding hydrogens is 371 g/mol. The largest absolute Gasteiger partial charge is 0.416 e. The van der Waals surface area contributed by atoms with Crippen LogP contribution in [-0.2, 0) is 22.3 Å². The first-order valence-corrected chi connectivity index (χ1v) is 7.86. The first kappa shape index (κ1) is 19.7.